The van der Waals surface area contributed by atoms with Crippen LogP contribution in [-0.4, -0.2) is 42.9 Å². The highest BCUT2D eigenvalue weighted by molar-refractivity contribution is 6.39. The van der Waals surface area contributed by atoms with Crippen LogP contribution in [0.4, 0.5) is 0 Å². The number of methoxy groups -OCH3 is 2. The van der Waals surface area contributed by atoms with E-state index in [0.29, 0.717) is 30.3 Å². The summed E-state index contributed by atoms with van der Waals surface area (Å²) >= 11 is 6.98. The number of ketones is 1. The molecule has 1 saturated heterocycles. The average molecular weight is 464 g/mol. The van der Waals surface area contributed by atoms with Crippen molar-refractivity contribution in [1.82, 2.24) is 4.90 Å². The van der Waals surface area contributed by atoms with E-state index in [-0.39, 0.29) is 18.2 Å². The summed E-state index contributed by atoms with van der Waals surface area (Å²) in [5.41, 5.74) is 4.04. The Balaban J connectivity index is 0.00000272. The van der Waals surface area contributed by atoms with Gasteiger partial charge in [0.2, 0.25) is 0 Å². The maximum atomic E-state index is 13.2. The number of hydrogen-bond donors (Lipinski definition) is 0. The number of carbonyl (C=O) groups excluding carboxylic acids is 1. The van der Waals surface area contributed by atoms with Crippen molar-refractivity contribution in [2.45, 2.75) is 43.7 Å². The normalized spacial score (nSPS) is 21.6. The second kappa shape index (κ2) is 10.4. The summed E-state index contributed by atoms with van der Waals surface area (Å²) in [5, 5.41) is 0. The molecule has 0 N–H and O–H groups in total. The van der Waals surface area contributed by atoms with E-state index < -0.39 is 4.87 Å². The highest BCUT2D eigenvalue weighted by Crippen LogP contribution is 2.43. The number of ether oxygens (including phenoxy) is 2. The van der Waals surface area contributed by atoms with Crippen LogP contribution >= 0.6 is 24.0 Å². The molecule has 1 atom stereocenters. The molecule has 0 amide bonds. The quantitative estimate of drug-likeness (QED) is 0.523. The van der Waals surface area contributed by atoms with Crippen LogP contribution in [0.15, 0.2) is 42.5 Å². The summed E-state index contributed by atoms with van der Waals surface area (Å²) in [5.74, 6) is 1.22. The van der Waals surface area contributed by atoms with Crippen molar-refractivity contribution in [3.63, 3.8) is 0 Å². The fourth-order valence-corrected chi connectivity index (χ4v) is 5.39. The van der Waals surface area contributed by atoms with Crippen LogP contribution in [0.1, 0.15) is 46.3 Å². The molecule has 31 heavy (non-hydrogen) atoms. The zero-order valence-electron chi connectivity index (χ0n) is 18.2. The first-order chi connectivity index (χ1) is 14.5. The Bertz CT molecular complexity index is 897. The van der Waals surface area contributed by atoms with Crippen LogP contribution in [0.25, 0.3) is 0 Å². The topological polar surface area (TPSA) is 38.8 Å². The fourth-order valence-electron chi connectivity index (χ4n) is 4.93. The molecule has 2 aromatic carbocycles. The lowest BCUT2D eigenvalue weighted by Crippen LogP contribution is -2.38. The van der Waals surface area contributed by atoms with Gasteiger partial charge in [0.25, 0.3) is 0 Å². The molecule has 2 aromatic rings. The molecule has 0 aromatic heterocycles. The lowest BCUT2D eigenvalue weighted by Gasteiger charge is -2.34. The summed E-state index contributed by atoms with van der Waals surface area (Å²) in [6.07, 6.45) is 3.50. The molecular weight excluding hydrogens is 433 g/mol. The second-order valence-corrected chi connectivity index (χ2v) is 9.36. The van der Waals surface area contributed by atoms with Crippen LogP contribution in [0.2, 0.25) is 0 Å². The number of carbonyl (C=O) groups is 1. The third-order valence-electron chi connectivity index (χ3n) is 6.50. The van der Waals surface area contributed by atoms with E-state index >= 15 is 0 Å². The summed E-state index contributed by atoms with van der Waals surface area (Å²) in [6, 6.07) is 14.5. The number of halogens is 2. The molecule has 2 aliphatic rings. The Morgan fingerprint density at radius 2 is 1.84 bits per heavy atom. The molecule has 1 aliphatic carbocycles. The highest BCUT2D eigenvalue weighted by atomic mass is 35.5. The van der Waals surface area contributed by atoms with Crippen LogP contribution in [0.5, 0.6) is 5.75 Å². The van der Waals surface area contributed by atoms with Crippen LogP contribution in [0.3, 0.4) is 0 Å². The summed E-state index contributed by atoms with van der Waals surface area (Å²) in [7, 11) is 3.28. The molecule has 0 spiro atoms. The molecule has 6 heteroatoms. The molecule has 0 radical (unpaired) electrons. The number of rotatable bonds is 7. The number of Topliss-reactive ketones (excluding diaryl/α,β-unsaturated/α-hetero) is 1. The molecule has 1 heterocycles. The predicted octanol–water partition coefficient (Wildman–Crippen LogP) is 5.28. The zero-order valence-corrected chi connectivity index (χ0v) is 19.8. The standard InChI is InChI=1S/C25H30ClNO3.ClH/c1-29-17-21-12-20-15-25(26,24(28)22(20)13-23(21)30-2)14-18-8-10-27(11-9-18)16-19-6-4-3-5-7-19;/h3-7,12-13,18H,8-11,14-17H2,1-2H3;1H. The molecule has 1 unspecified atom stereocenters. The number of likely N-dealkylation sites (tertiary alicyclic amines) is 1. The molecule has 0 saturated carbocycles. The van der Waals surface area contributed by atoms with Crippen LogP contribution in [-0.2, 0) is 24.3 Å². The van der Waals surface area contributed by atoms with Crippen molar-refractivity contribution >= 4 is 29.8 Å². The highest BCUT2D eigenvalue weighted by Gasteiger charge is 2.46. The van der Waals surface area contributed by atoms with Gasteiger partial charge in [0.15, 0.2) is 5.78 Å². The van der Waals surface area contributed by atoms with Gasteiger partial charge in [0.1, 0.15) is 10.6 Å². The van der Waals surface area contributed by atoms with Gasteiger partial charge in [-0.2, -0.15) is 0 Å². The monoisotopic (exact) mass is 463 g/mol. The number of nitrogens with zero attached hydrogens (tertiary/aromatic N) is 1. The van der Waals surface area contributed by atoms with Gasteiger partial charge in [-0.1, -0.05) is 30.3 Å². The first-order valence-corrected chi connectivity index (χ1v) is 11.1. The Labute approximate surface area is 196 Å². The van der Waals surface area contributed by atoms with Crippen LogP contribution < -0.4 is 4.74 Å². The van der Waals surface area contributed by atoms with Crippen molar-refractivity contribution in [1.29, 1.82) is 0 Å². The van der Waals surface area contributed by atoms with Gasteiger partial charge in [-0.3, -0.25) is 9.69 Å². The molecule has 4 rings (SSSR count). The van der Waals surface area contributed by atoms with Gasteiger partial charge < -0.3 is 9.47 Å². The molecule has 168 valence electrons. The van der Waals surface area contributed by atoms with E-state index in [2.05, 4.69) is 35.2 Å². The lowest BCUT2D eigenvalue weighted by molar-refractivity contribution is 0.0919. The molecule has 4 nitrogen and oxygen atoms in total. The zero-order chi connectivity index (χ0) is 21.1. The average Bonchev–Trinajstić information content (AvgIpc) is 2.99. The number of hydrogen-bond acceptors (Lipinski definition) is 4. The second-order valence-electron chi connectivity index (χ2n) is 8.63. The van der Waals surface area contributed by atoms with Crippen molar-refractivity contribution < 1.29 is 14.3 Å². The van der Waals surface area contributed by atoms with Gasteiger partial charge in [-0.15, -0.1) is 24.0 Å². The van der Waals surface area contributed by atoms with Gasteiger partial charge in [0.05, 0.1) is 13.7 Å². The van der Waals surface area contributed by atoms with Crippen molar-refractivity contribution in [2.75, 3.05) is 27.3 Å². The van der Waals surface area contributed by atoms with Gasteiger partial charge in [0, 0.05) is 24.8 Å². The Morgan fingerprint density at radius 1 is 1.13 bits per heavy atom. The minimum absolute atomic E-state index is 0. The SMILES string of the molecule is COCc1cc2c(cc1OC)C(=O)C(Cl)(CC1CCN(Cc3ccccc3)CC1)C2.Cl. The molecule has 0 bridgehead atoms. The smallest absolute Gasteiger partial charge is 0.184 e. The van der Waals surface area contributed by atoms with E-state index in [1.807, 2.05) is 12.1 Å². The Morgan fingerprint density at radius 3 is 2.48 bits per heavy atom. The first-order valence-electron chi connectivity index (χ1n) is 10.7. The largest absolute Gasteiger partial charge is 0.496 e. The third-order valence-corrected chi connectivity index (χ3v) is 6.96. The Hall–Kier alpha value is -1.59. The van der Waals surface area contributed by atoms with E-state index in [0.717, 1.165) is 50.0 Å². The van der Waals surface area contributed by atoms with Crippen LogP contribution in [0, 0.1) is 5.92 Å². The number of fused-ring (bicyclic) bond motifs is 1. The van der Waals surface area contributed by atoms with Crippen molar-refractivity contribution in [3.05, 3.63) is 64.7 Å². The maximum Gasteiger partial charge on any atom is 0.184 e. The van der Waals surface area contributed by atoms with Crippen molar-refractivity contribution in [2.24, 2.45) is 5.92 Å². The summed E-state index contributed by atoms with van der Waals surface area (Å²) in [4.78, 5) is 14.9. The molecule has 1 aliphatic heterocycles. The maximum absolute atomic E-state index is 13.2. The molecule has 1 fully saturated rings. The van der Waals surface area contributed by atoms with Gasteiger partial charge in [-0.05, 0) is 68.0 Å². The van der Waals surface area contributed by atoms with E-state index in [9.17, 15) is 4.79 Å². The minimum atomic E-state index is -0.828. The molecular formula is C25H31Cl2NO3. The summed E-state index contributed by atoms with van der Waals surface area (Å²) < 4.78 is 10.7. The van der Waals surface area contributed by atoms with E-state index in [1.54, 1.807) is 14.2 Å². The number of alkyl halides is 1. The predicted molar refractivity (Wildman–Crippen MR) is 127 cm³/mol. The first kappa shape index (κ1) is 24.1. The summed E-state index contributed by atoms with van der Waals surface area (Å²) in [6.45, 7) is 3.56. The Kier molecular flexibility index (Phi) is 8.03. The van der Waals surface area contributed by atoms with Crippen molar-refractivity contribution in [3.8, 4) is 5.75 Å². The van der Waals surface area contributed by atoms with Gasteiger partial charge >= 0.3 is 0 Å². The minimum Gasteiger partial charge on any atom is -0.496 e. The number of piperidine rings is 1. The number of benzene rings is 2. The third kappa shape index (κ3) is 5.25. The fraction of sp³-hybridized carbons (Fsp3) is 0.480. The van der Waals surface area contributed by atoms with Gasteiger partial charge in [-0.25, -0.2) is 0 Å². The lowest BCUT2D eigenvalue weighted by atomic mass is 9.84. The van der Waals surface area contributed by atoms with E-state index in [1.165, 1.54) is 5.56 Å². The van der Waals surface area contributed by atoms with E-state index in [4.69, 9.17) is 21.1 Å².